The number of aliphatic hydroxyl groups excluding tert-OH is 1. The van der Waals surface area contributed by atoms with E-state index in [-0.39, 0.29) is 12.4 Å². The van der Waals surface area contributed by atoms with Crippen LogP contribution in [-0.2, 0) is 0 Å². The predicted octanol–water partition coefficient (Wildman–Crippen LogP) is 1.39. The lowest BCUT2D eigenvalue weighted by molar-refractivity contribution is 0.101. The number of nitrogens with zero attached hydrogens (tertiary/aromatic N) is 1. The molecule has 0 bridgehead atoms. The van der Waals surface area contributed by atoms with Crippen LogP contribution < -0.4 is 10.1 Å². The average Bonchev–Trinajstić information content (AvgIpc) is 3.23. The van der Waals surface area contributed by atoms with Crippen LogP contribution in [0.3, 0.4) is 0 Å². The third kappa shape index (κ3) is 4.15. The molecule has 2 aliphatic rings. The number of halogens is 1. The van der Waals surface area contributed by atoms with Crippen molar-refractivity contribution in [2.24, 2.45) is 0 Å². The number of rotatable bonds is 7. The van der Waals surface area contributed by atoms with E-state index in [1.807, 2.05) is 0 Å². The Morgan fingerprint density at radius 1 is 1.33 bits per heavy atom. The van der Waals surface area contributed by atoms with E-state index in [4.69, 9.17) is 4.74 Å². The summed E-state index contributed by atoms with van der Waals surface area (Å²) in [5, 5.41) is 13.3. The van der Waals surface area contributed by atoms with Crippen LogP contribution in [0.5, 0.6) is 5.75 Å². The third-order valence-electron chi connectivity index (χ3n) is 4.19. The smallest absolute Gasteiger partial charge is 0.165 e. The molecular formula is C16H23FN2O2. The summed E-state index contributed by atoms with van der Waals surface area (Å²) >= 11 is 0. The Labute approximate surface area is 124 Å². The summed E-state index contributed by atoms with van der Waals surface area (Å²) in [5.41, 5.74) is 0. The second-order valence-electron chi connectivity index (χ2n) is 6.02. The molecule has 0 radical (unpaired) electrons. The minimum atomic E-state index is -0.625. The number of hydrogen-bond acceptors (Lipinski definition) is 4. The van der Waals surface area contributed by atoms with E-state index in [9.17, 15) is 9.50 Å². The Kier molecular flexibility index (Phi) is 4.73. The Hall–Kier alpha value is -1.17. The Bertz CT molecular complexity index is 467. The van der Waals surface area contributed by atoms with Crippen LogP contribution >= 0.6 is 0 Å². The Morgan fingerprint density at radius 3 is 2.90 bits per heavy atom. The summed E-state index contributed by atoms with van der Waals surface area (Å²) in [7, 11) is 0. The highest BCUT2D eigenvalue weighted by molar-refractivity contribution is 5.23. The second kappa shape index (κ2) is 6.73. The Balaban J connectivity index is 1.35. The number of ether oxygens (including phenoxy) is 1. The van der Waals surface area contributed by atoms with Crippen molar-refractivity contribution < 1.29 is 14.2 Å². The van der Waals surface area contributed by atoms with Gasteiger partial charge in [-0.1, -0.05) is 12.1 Å². The first kappa shape index (κ1) is 14.8. The maximum Gasteiger partial charge on any atom is 0.165 e. The highest BCUT2D eigenvalue weighted by Crippen LogP contribution is 2.29. The quantitative estimate of drug-likeness (QED) is 0.798. The molecule has 1 aliphatic carbocycles. The van der Waals surface area contributed by atoms with E-state index in [0.717, 1.165) is 25.6 Å². The fraction of sp³-hybridized carbons (Fsp3) is 0.625. The fourth-order valence-corrected chi connectivity index (χ4v) is 2.83. The molecule has 1 aromatic rings. The average molecular weight is 294 g/mol. The van der Waals surface area contributed by atoms with E-state index in [1.54, 1.807) is 18.2 Å². The Morgan fingerprint density at radius 2 is 2.14 bits per heavy atom. The molecule has 2 unspecified atom stereocenters. The monoisotopic (exact) mass is 294 g/mol. The summed E-state index contributed by atoms with van der Waals surface area (Å²) < 4.78 is 18.7. The third-order valence-corrected chi connectivity index (χ3v) is 4.19. The van der Waals surface area contributed by atoms with Gasteiger partial charge in [0, 0.05) is 31.7 Å². The number of hydrogen-bond donors (Lipinski definition) is 2. The minimum Gasteiger partial charge on any atom is -0.488 e. The molecule has 1 aliphatic heterocycles. The van der Waals surface area contributed by atoms with Crippen molar-refractivity contribution in [2.75, 3.05) is 26.2 Å². The first-order valence-electron chi connectivity index (χ1n) is 7.75. The van der Waals surface area contributed by atoms with Gasteiger partial charge in [0.2, 0.25) is 0 Å². The van der Waals surface area contributed by atoms with Gasteiger partial charge in [0.15, 0.2) is 11.6 Å². The van der Waals surface area contributed by atoms with Crippen LogP contribution in [0.4, 0.5) is 4.39 Å². The van der Waals surface area contributed by atoms with E-state index in [0.29, 0.717) is 12.6 Å². The lowest BCUT2D eigenvalue weighted by Crippen LogP contribution is -2.39. The molecule has 2 fully saturated rings. The van der Waals surface area contributed by atoms with Gasteiger partial charge >= 0.3 is 0 Å². The summed E-state index contributed by atoms with van der Waals surface area (Å²) in [6.07, 6.45) is 3.19. The highest BCUT2D eigenvalue weighted by Gasteiger charge is 2.34. The number of nitrogens with one attached hydrogen (secondary N) is 1. The molecular weight excluding hydrogens is 271 g/mol. The molecule has 0 aromatic heterocycles. The number of benzene rings is 1. The van der Waals surface area contributed by atoms with Gasteiger partial charge in [-0.25, -0.2) is 4.39 Å². The van der Waals surface area contributed by atoms with E-state index in [2.05, 4.69) is 10.2 Å². The standard InChI is InChI=1S/C16H23FN2O2/c17-15-3-1-2-4-16(15)21-11-14(20)9-18-12-7-8-19(10-12)13-5-6-13/h1-4,12-14,18,20H,5-11H2. The molecule has 2 N–H and O–H groups in total. The lowest BCUT2D eigenvalue weighted by atomic mass is 10.2. The van der Waals surface area contributed by atoms with Gasteiger partial charge in [0.25, 0.3) is 0 Å². The molecule has 2 atom stereocenters. The minimum absolute atomic E-state index is 0.104. The van der Waals surface area contributed by atoms with E-state index in [1.165, 1.54) is 18.9 Å². The zero-order valence-corrected chi connectivity index (χ0v) is 12.2. The normalized spacial score (nSPS) is 24.2. The zero-order chi connectivity index (χ0) is 14.7. The molecule has 21 heavy (non-hydrogen) atoms. The van der Waals surface area contributed by atoms with Gasteiger partial charge in [0.1, 0.15) is 12.7 Å². The van der Waals surface area contributed by atoms with E-state index >= 15 is 0 Å². The summed E-state index contributed by atoms with van der Waals surface area (Å²) in [5.74, 6) is -0.203. The predicted molar refractivity (Wildman–Crippen MR) is 78.9 cm³/mol. The van der Waals surface area contributed by atoms with Crippen molar-refractivity contribution in [3.05, 3.63) is 30.1 Å². The highest BCUT2D eigenvalue weighted by atomic mass is 19.1. The molecule has 1 saturated heterocycles. The second-order valence-corrected chi connectivity index (χ2v) is 6.02. The first-order chi connectivity index (χ1) is 10.2. The molecule has 1 saturated carbocycles. The molecule has 0 amide bonds. The molecule has 5 heteroatoms. The van der Waals surface area contributed by atoms with Crippen molar-refractivity contribution in [3.63, 3.8) is 0 Å². The number of aliphatic hydroxyl groups is 1. The molecule has 4 nitrogen and oxygen atoms in total. The molecule has 0 spiro atoms. The van der Waals surface area contributed by atoms with Gasteiger partial charge in [-0.05, 0) is 31.4 Å². The maximum atomic E-state index is 13.4. The van der Waals surface area contributed by atoms with Crippen LogP contribution in [0.1, 0.15) is 19.3 Å². The lowest BCUT2D eigenvalue weighted by Gasteiger charge is -2.18. The van der Waals surface area contributed by atoms with Gasteiger partial charge in [0.05, 0.1) is 0 Å². The van der Waals surface area contributed by atoms with Crippen molar-refractivity contribution in [1.29, 1.82) is 0 Å². The van der Waals surface area contributed by atoms with Crippen LogP contribution in [0, 0.1) is 5.82 Å². The summed E-state index contributed by atoms with van der Waals surface area (Å²) in [6.45, 7) is 2.82. The first-order valence-corrected chi connectivity index (χ1v) is 7.75. The van der Waals surface area contributed by atoms with Crippen LogP contribution in [0.2, 0.25) is 0 Å². The van der Waals surface area contributed by atoms with Crippen molar-refractivity contribution in [1.82, 2.24) is 10.2 Å². The largest absolute Gasteiger partial charge is 0.488 e. The van der Waals surface area contributed by atoms with Crippen LogP contribution in [-0.4, -0.2) is 54.4 Å². The van der Waals surface area contributed by atoms with Crippen LogP contribution in [0.15, 0.2) is 24.3 Å². The molecule has 116 valence electrons. The summed E-state index contributed by atoms with van der Waals surface area (Å²) in [6, 6.07) is 7.52. The van der Waals surface area contributed by atoms with Crippen molar-refractivity contribution >= 4 is 0 Å². The van der Waals surface area contributed by atoms with Gasteiger partial charge in [-0.2, -0.15) is 0 Å². The van der Waals surface area contributed by atoms with Crippen molar-refractivity contribution in [2.45, 2.75) is 37.5 Å². The zero-order valence-electron chi connectivity index (χ0n) is 12.2. The molecule has 1 aromatic carbocycles. The topological polar surface area (TPSA) is 44.7 Å². The fourth-order valence-electron chi connectivity index (χ4n) is 2.83. The number of likely N-dealkylation sites (tertiary alicyclic amines) is 1. The van der Waals surface area contributed by atoms with E-state index < -0.39 is 11.9 Å². The van der Waals surface area contributed by atoms with Gasteiger partial charge in [-0.15, -0.1) is 0 Å². The summed E-state index contributed by atoms with van der Waals surface area (Å²) in [4.78, 5) is 2.53. The molecule has 1 heterocycles. The van der Waals surface area contributed by atoms with Crippen LogP contribution in [0.25, 0.3) is 0 Å². The molecule has 3 rings (SSSR count). The van der Waals surface area contributed by atoms with Crippen molar-refractivity contribution in [3.8, 4) is 5.75 Å². The van der Waals surface area contributed by atoms with Gasteiger partial charge < -0.3 is 15.2 Å². The SMILES string of the molecule is OC(CNC1CCN(C2CC2)C1)COc1ccccc1F. The van der Waals surface area contributed by atoms with Gasteiger partial charge in [-0.3, -0.25) is 4.90 Å². The number of para-hydroxylation sites is 1. The maximum absolute atomic E-state index is 13.4.